The van der Waals surface area contributed by atoms with Gasteiger partial charge < -0.3 is 5.32 Å². The molecule has 3 atom stereocenters. The normalized spacial score (nSPS) is 24.6. The van der Waals surface area contributed by atoms with E-state index in [9.17, 15) is 4.39 Å². The molecule has 0 aromatic heterocycles. The highest BCUT2D eigenvalue weighted by molar-refractivity contribution is 5.27. The van der Waals surface area contributed by atoms with Crippen molar-refractivity contribution in [1.29, 1.82) is 0 Å². The number of nitrogens with one attached hydrogen (secondary N) is 1. The van der Waals surface area contributed by atoms with E-state index in [-0.39, 0.29) is 11.9 Å². The molecule has 1 nitrogen and oxygen atoms in total. The zero-order valence-corrected chi connectivity index (χ0v) is 12.4. The largest absolute Gasteiger partial charge is 0.310 e. The van der Waals surface area contributed by atoms with Crippen LogP contribution in [0.3, 0.4) is 0 Å². The summed E-state index contributed by atoms with van der Waals surface area (Å²) in [6.45, 7) is 7.47. The Morgan fingerprint density at radius 1 is 1.37 bits per heavy atom. The fraction of sp³-hybridized carbons (Fsp3) is 0.647. The number of halogens is 1. The second-order valence-electron chi connectivity index (χ2n) is 6.14. The minimum atomic E-state index is -0.0567. The summed E-state index contributed by atoms with van der Waals surface area (Å²) in [5.74, 6) is 1.31. The van der Waals surface area contributed by atoms with Gasteiger partial charge >= 0.3 is 0 Å². The molecule has 2 rings (SSSR count). The lowest BCUT2D eigenvalue weighted by Gasteiger charge is -2.26. The molecule has 0 aliphatic heterocycles. The Hall–Kier alpha value is -0.890. The van der Waals surface area contributed by atoms with Gasteiger partial charge in [-0.15, -0.1) is 0 Å². The maximum absolute atomic E-state index is 14.2. The van der Waals surface area contributed by atoms with E-state index in [0.29, 0.717) is 5.92 Å². The van der Waals surface area contributed by atoms with Crippen LogP contribution >= 0.6 is 0 Å². The molecule has 0 heterocycles. The van der Waals surface area contributed by atoms with Crippen LogP contribution in [0, 0.1) is 24.6 Å². The fourth-order valence-electron chi connectivity index (χ4n) is 3.29. The minimum absolute atomic E-state index is 0.0567. The van der Waals surface area contributed by atoms with Crippen molar-refractivity contribution < 1.29 is 4.39 Å². The second-order valence-corrected chi connectivity index (χ2v) is 6.14. The molecule has 1 fully saturated rings. The smallest absolute Gasteiger partial charge is 0.128 e. The molecule has 1 aliphatic carbocycles. The van der Waals surface area contributed by atoms with E-state index in [1.807, 2.05) is 19.1 Å². The van der Waals surface area contributed by atoms with E-state index in [1.165, 1.54) is 19.3 Å². The molecule has 2 heteroatoms. The van der Waals surface area contributed by atoms with Gasteiger partial charge in [0.1, 0.15) is 5.82 Å². The lowest BCUT2D eigenvalue weighted by Crippen LogP contribution is -2.29. The van der Waals surface area contributed by atoms with Crippen molar-refractivity contribution in [2.45, 2.75) is 52.5 Å². The SMILES string of the molecule is CCCNC(c1cc(C)ccc1F)C1CCC(C)C1. The van der Waals surface area contributed by atoms with Crippen LogP contribution in [0.1, 0.15) is 56.7 Å². The van der Waals surface area contributed by atoms with E-state index in [4.69, 9.17) is 0 Å². The molecular weight excluding hydrogens is 237 g/mol. The second kappa shape index (κ2) is 6.51. The standard InChI is InChI=1S/C17H26FN/c1-4-9-19-17(14-7-5-12(2)10-14)15-11-13(3)6-8-16(15)18/h6,8,11-12,14,17,19H,4-5,7,9-10H2,1-3H3. The highest BCUT2D eigenvalue weighted by atomic mass is 19.1. The molecule has 3 unspecified atom stereocenters. The third-order valence-electron chi connectivity index (χ3n) is 4.31. The molecule has 0 spiro atoms. The Morgan fingerprint density at radius 3 is 2.79 bits per heavy atom. The average molecular weight is 263 g/mol. The third kappa shape index (κ3) is 3.56. The van der Waals surface area contributed by atoms with Crippen LogP contribution in [0.25, 0.3) is 0 Å². The number of rotatable bonds is 5. The molecule has 106 valence electrons. The molecule has 1 aromatic rings. The van der Waals surface area contributed by atoms with Gasteiger partial charge in [0.2, 0.25) is 0 Å². The van der Waals surface area contributed by atoms with Gasteiger partial charge in [0.05, 0.1) is 0 Å². The van der Waals surface area contributed by atoms with Crippen LogP contribution < -0.4 is 5.32 Å². The Balaban J connectivity index is 2.23. The Bertz CT molecular complexity index is 416. The Morgan fingerprint density at radius 2 is 2.16 bits per heavy atom. The van der Waals surface area contributed by atoms with Crippen LogP contribution in [0.2, 0.25) is 0 Å². The molecule has 0 saturated heterocycles. The summed E-state index contributed by atoms with van der Waals surface area (Å²) in [7, 11) is 0. The van der Waals surface area contributed by atoms with Crippen LogP contribution in [-0.4, -0.2) is 6.54 Å². The van der Waals surface area contributed by atoms with Crippen molar-refractivity contribution in [2.24, 2.45) is 11.8 Å². The summed E-state index contributed by atoms with van der Waals surface area (Å²) < 4.78 is 14.2. The van der Waals surface area contributed by atoms with Crippen molar-refractivity contribution in [2.75, 3.05) is 6.54 Å². The van der Waals surface area contributed by atoms with Crippen LogP contribution in [0.5, 0.6) is 0 Å². The third-order valence-corrected chi connectivity index (χ3v) is 4.31. The molecule has 0 amide bonds. The van der Waals surface area contributed by atoms with E-state index in [0.717, 1.165) is 30.0 Å². The van der Waals surface area contributed by atoms with E-state index < -0.39 is 0 Å². The minimum Gasteiger partial charge on any atom is -0.310 e. The van der Waals surface area contributed by atoms with Crippen LogP contribution in [0.4, 0.5) is 4.39 Å². The zero-order chi connectivity index (χ0) is 13.8. The van der Waals surface area contributed by atoms with Crippen molar-refractivity contribution in [3.8, 4) is 0 Å². The first-order valence-corrected chi connectivity index (χ1v) is 7.61. The van der Waals surface area contributed by atoms with Crippen molar-refractivity contribution in [3.05, 3.63) is 35.1 Å². The molecule has 19 heavy (non-hydrogen) atoms. The van der Waals surface area contributed by atoms with E-state index in [1.54, 1.807) is 6.07 Å². The van der Waals surface area contributed by atoms with Gasteiger partial charge in [0.25, 0.3) is 0 Å². The summed E-state index contributed by atoms with van der Waals surface area (Å²) in [6, 6.07) is 5.67. The lowest BCUT2D eigenvalue weighted by molar-refractivity contribution is 0.349. The molecule has 0 bridgehead atoms. The first-order chi connectivity index (χ1) is 9.11. The van der Waals surface area contributed by atoms with Crippen molar-refractivity contribution in [1.82, 2.24) is 5.32 Å². The Kier molecular flexibility index (Phi) is 4.98. The molecular formula is C17H26FN. The van der Waals surface area contributed by atoms with Gasteiger partial charge in [-0.25, -0.2) is 4.39 Å². The first-order valence-electron chi connectivity index (χ1n) is 7.61. The number of aryl methyl sites for hydroxylation is 1. The predicted octanol–water partition coefficient (Wildman–Crippen LogP) is 4.61. The predicted molar refractivity (Wildman–Crippen MR) is 78.7 cm³/mol. The highest BCUT2D eigenvalue weighted by Crippen LogP contribution is 2.39. The summed E-state index contributed by atoms with van der Waals surface area (Å²) in [4.78, 5) is 0. The van der Waals surface area contributed by atoms with Crippen LogP contribution in [-0.2, 0) is 0 Å². The molecule has 1 N–H and O–H groups in total. The molecule has 1 aliphatic rings. The zero-order valence-electron chi connectivity index (χ0n) is 12.4. The van der Waals surface area contributed by atoms with Gasteiger partial charge in [0.15, 0.2) is 0 Å². The average Bonchev–Trinajstić information content (AvgIpc) is 2.80. The first kappa shape index (κ1) is 14.5. The quantitative estimate of drug-likeness (QED) is 0.818. The van der Waals surface area contributed by atoms with E-state index >= 15 is 0 Å². The topological polar surface area (TPSA) is 12.0 Å². The molecule has 1 saturated carbocycles. The molecule has 1 aromatic carbocycles. The van der Waals surface area contributed by atoms with Gasteiger partial charge in [-0.05, 0) is 50.6 Å². The maximum Gasteiger partial charge on any atom is 0.128 e. The van der Waals surface area contributed by atoms with Gasteiger partial charge in [-0.2, -0.15) is 0 Å². The number of hydrogen-bond acceptors (Lipinski definition) is 1. The summed E-state index contributed by atoms with van der Waals surface area (Å²) in [6.07, 6.45) is 4.80. The fourth-order valence-corrected chi connectivity index (χ4v) is 3.29. The monoisotopic (exact) mass is 263 g/mol. The summed E-state index contributed by atoms with van der Waals surface area (Å²) in [5, 5.41) is 3.58. The summed E-state index contributed by atoms with van der Waals surface area (Å²) >= 11 is 0. The molecule has 0 radical (unpaired) electrons. The van der Waals surface area contributed by atoms with E-state index in [2.05, 4.69) is 19.2 Å². The Labute approximate surface area is 116 Å². The lowest BCUT2D eigenvalue weighted by atomic mass is 9.89. The van der Waals surface area contributed by atoms with Gasteiger partial charge in [-0.1, -0.05) is 38.0 Å². The number of benzene rings is 1. The maximum atomic E-state index is 14.2. The van der Waals surface area contributed by atoms with Crippen LogP contribution in [0.15, 0.2) is 18.2 Å². The van der Waals surface area contributed by atoms with Gasteiger partial charge in [-0.3, -0.25) is 0 Å². The van der Waals surface area contributed by atoms with Crippen molar-refractivity contribution in [3.63, 3.8) is 0 Å². The number of hydrogen-bond donors (Lipinski definition) is 1. The summed E-state index contributed by atoms with van der Waals surface area (Å²) in [5.41, 5.74) is 2.01. The van der Waals surface area contributed by atoms with Crippen molar-refractivity contribution >= 4 is 0 Å². The van der Waals surface area contributed by atoms with Gasteiger partial charge in [0, 0.05) is 11.6 Å². The highest BCUT2D eigenvalue weighted by Gasteiger charge is 2.30.